The number of carboxylic acids is 1. The average molecular weight is 667 g/mol. The number of hydrogen-bond acceptors (Lipinski definition) is 9. The maximum atomic E-state index is 14.3. The number of allylic oxidation sites excluding steroid dienone is 2. The van der Waals surface area contributed by atoms with Gasteiger partial charge in [0.25, 0.3) is 0 Å². The third-order valence-electron chi connectivity index (χ3n) is 10.4. The summed E-state index contributed by atoms with van der Waals surface area (Å²) in [6, 6.07) is 22.7. The van der Waals surface area contributed by atoms with Crippen LogP contribution in [0.15, 0.2) is 84.9 Å². The Hall–Kier alpha value is -4.58. The van der Waals surface area contributed by atoms with Gasteiger partial charge in [-0.15, -0.1) is 0 Å². The van der Waals surface area contributed by atoms with E-state index in [1.54, 1.807) is 13.0 Å². The van der Waals surface area contributed by atoms with Crippen LogP contribution in [0.2, 0.25) is 0 Å². The van der Waals surface area contributed by atoms with Crippen molar-refractivity contribution in [2.75, 3.05) is 6.61 Å². The molecular formula is C39H38O10. The lowest BCUT2D eigenvalue weighted by molar-refractivity contribution is -0.277. The highest BCUT2D eigenvalue weighted by atomic mass is 16.7. The fraction of sp³-hybridized carbons (Fsp3) is 0.333. The van der Waals surface area contributed by atoms with Crippen LogP contribution in [0.5, 0.6) is 11.5 Å². The molecule has 0 aromatic heterocycles. The highest BCUT2D eigenvalue weighted by molar-refractivity contribution is 6.09. The summed E-state index contributed by atoms with van der Waals surface area (Å²) in [5.41, 5.74) is 3.88. The normalized spacial score (nSPS) is 29.0. The van der Waals surface area contributed by atoms with Crippen LogP contribution in [0, 0.1) is 12.8 Å². The summed E-state index contributed by atoms with van der Waals surface area (Å²) < 4.78 is 11.4. The molecule has 1 saturated heterocycles. The summed E-state index contributed by atoms with van der Waals surface area (Å²) in [4.78, 5) is 26.3. The zero-order valence-corrected chi connectivity index (χ0v) is 26.7. The Morgan fingerprint density at radius 3 is 2.33 bits per heavy atom. The molecule has 0 spiro atoms. The Bertz CT molecular complexity index is 1940. The highest BCUT2D eigenvalue weighted by Crippen LogP contribution is 2.54. The Kier molecular flexibility index (Phi) is 8.76. The first-order valence-corrected chi connectivity index (χ1v) is 16.4. The summed E-state index contributed by atoms with van der Waals surface area (Å²) in [6.45, 7) is 0.978. The number of aromatic carboxylic acids is 1. The SMILES string of the molecule is Cc1cc2cc(C(=O)O)cc(OC3OC(CO)C(O)C(O)C3O)c2c(O)c1C(=O)CC1c2ccccc2C2CC1C=CC2c1ccccc1. The molecule has 1 heterocycles. The Morgan fingerprint density at radius 1 is 0.898 bits per heavy atom. The van der Waals surface area contributed by atoms with E-state index >= 15 is 0 Å². The van der Waals surface area contributed by atoms with Gasteiger partial charge >= 0.3 is 5.97 Å². The third-order valence-corrected chi connectivity index (χ3v) is 10.4. The maximum absolute atomic E-state index is 14.3. The van der Waals surface area contributed by atoms with Gasteiger partial charge in [0.2, 0.25) is 6.29 Å². The number of benzene rings is 4. The van der Waals surface area contributed by atoms with Gasteiger partial charge in [0.1, 0.15) is 35.9 Å². The van der Waals surface area contributed by atoms with Gasteiger partial charge in [-0.25, -0.2) is 4.79 Å². The second kappa shape index (κ2) is 13.0. The van der Waals surface area contributed by atoms with Gasteiger partial charge in [-0.05, 0) is 70.9 Å². The molecule has 3 aliphatic rings. The number of aryl methyl sites for hydroxylation is 1. The van der Waals surface area contributed by atoms with Crippen molar-refractivity contribution in [1.29, 1.82) is 0 Å². The first kappa shape index (κ1) is 32.9. The van der Waals surface area contributed by atoms with Gasteiger partial charge in [-0.2, -0.15) is 0 Å². The number of hydrogen-bond donors (Lipinski definition) is 6. The molecule has 6 N–H and O–H groups in total. The van der Waals surface area contributed by atoms with Crippen molar-refractivity contribution < 1.29 is 49.7 Å². The molecule has 1 fully saturated rings. The molecule has 49 heavy (non-hydrogen) atoms. The van der Waals surface area contributed by atoms with Crippen LogP contribution in [0.25, 0.3) is 10.8 Å². The number of carbonyl (C=O) groups is 2. The monoisotopic (exact) mass is 666 g/mol. The first-order chi connectivity index (χ1) is 23.6. The van der Waals surface area contributed by atoms with E-state index in [2.05, 4.69) is 36.4 Å². The second-order valence-corrected chi connectivity index (χ2v) is 13.3. The minimum absolute atomic E-state index is 0.0169. The van der Waals surface area contributed by atoms with E-state index < -0.39 is 49.0 Å². The molecule has 1 aliphatic heterocycles. The van der Waals surface area contributed by atoms with Crippen molar-refractivity contribution in [2.24, 2.45) is 5.92 Å². The van der Waals surface area contributed by atoms with Crippen LogP contribution in [0.4, 0.5) is 0 Å². The molecule has 2 aliphatic carbocycles. The Labute approximate surface area is 282 Å². The van der Waals surface area contributed by atoms with Crippen LogP contribution < -0.4 is 4.74 Å². The van der Waals surface area contributed by atoms with E-state index in [0.717, 1.165) is 18.1 Å². The molecule has 9 atom stereocenters. The van der Waals surface area contributed by atoms with Gasteiger partial charge in [-0.3, -0.25) is 4.79 Å². The topological polar surface area (TPSA) is 174 Å². The minimum Gasteiger partial charge on any atom is -0.506 e. The van der Waals surface area contributed by atoms with Crippen molar-refractivity contribution in [3.8, 4) is 11.5 Å². The number of Topliss-reactive ketones (excluding diaryl/α,β-unsaturated/α-hetero) is 1. The minimum atomic E-state index is -1.78. The predicted octanol–water partition coefficient (Wildman–Crippen LogP) is 4.54. The van der Waals surface area contributed by atoms with Crippen LogP contribution in [-0.4, -0.2) is 79.7 Å². The van der Waals surface area contributed by atoms with Crippen molar-refractivity contribution in [3.63, 3.8) is 0 Å². The van der Waals surface area contributed by atoms with Crippen molar-refractivity contribution in [1.82, 2.24) is 0 Å². The van der Waals surface area contributed by atoms with Gasteiger partial charge < -0.3 is 40.1 Å². The molecule has 0 saturated carbocycles. The highest BCUT2D eigenvalue weighted by Gasteiger charge is 2.45. The van der Waals surface area contributed by atoms with E-state index in [0.29, 0.717) is 5.56 Å². The van der Waals surface area contributed by atoms with Gasteiger partial charge in [0.05, 0.1) is 23.1 Å². The van der Waals surface area contributed by atoms with E-state index in [4.69, 9.17) is 9.47 Å². The lowest BCUT2D eigenvalue weighted by atomic mass is 9.61. The van der Waals surface area contributed by atoms with Crippen LogP contribution in [-0.2, 0) is 4.74 Å². The number of fused-ring (bicyclic) bond motifs is 5. The quantitative estimate of drug-likeness (QED) is 0.116. The molecule has 2 bridgehead atoms. The molecule has 4 aromatic carbocycles. The maximum Gasteiger partial charge on any atom is 0.335 e. The summed E-state index contributed by atoms with van der Waals surface area (Å²) >= 11 is 0. The summed E-state index contributed by atoms with van der Waals surface area (Å²) in [5, 5.41) is 62.6. The second-order valence-electron chi connectivity index (χ2n) is 13.3. The number of aliphatic hydroxyl groups is 4. The number of aliphatic hydroxyl groups excluding tert-OH is 4. The average Bonchev–Trinajstić information content (AvgIpc) is 3.10. The largest absolute Gasteiger partial charge is 0.506 e. The molecule has 9 unspecified atom stereocenters. The van der Waals surface area contributed by atoms with Crippen molar-refractivity contribution in [3.05, 3.63) is 118 Å². The molecular weight excluding hydrogens is 628 g/mol. The number of rotatable bonds is 8. The number of ether oxygens (including phenoxy) is 2. The molecule has 0 amide bonds. The lowest BCUT2D eigenvalue weighted by Gasteiger charge is -2.43. The van der Waals surface area contributed by atoms with Crippen LogP contribution in [0.3, 0.4) is 0 Å². The number of ketones is 1. The smallest absolute Gasteiger partial charge is 0.335 e. The number of carboxylic acid groups (broad SMARTS) is 1. The first-order valence-electron chi connectivity index (χ1n) is 16.4. The summed E-state index contributed by atoms with van der Waals surface area (Å²) in [6.07, 6.45) is -2.62. The zero-order chi connectivity index (χ0) is 34.6. The van der Waals surface area contributed by atoms with Gasteiger partial charge in [-0.1, -0.05) is 72.8 Å². The zero-order valence-electron chi connectivity index (χ0n) is 26.7. The van der Waals surface area contributed by atoms with E-state index in [1.807, 2.05) is 30.3 Å². The summed E-state index contributed by atoms with van der Waals surface area (Å²) in [7, 11) is 0. The van der Waals surface area contributed by atoms with E-state index in [1.165, 1.54) is 17.2 Å². The lowest BCUT2D eigenvalue weighted by Crippen LogP contribution is -2.60. The molecule has 10 nitrogen and oxygen atoms in total. The third kappa shape index (κ3) is 5.79. The van der Waals surface area contributed by atoms with Crippen molar-refractivity contribution >= 4 is 22.5 Å². The van der Waals surface area contributed by atoms with Crippen LogP contribution >= 0.6 is 0 Å². The predicted molar refractivity (Wildman–Crippen MR) is 179 cm³/mol. The fourth-order valence-electron chi connectivity index (χ4n) is 8.01. The standard InChI is InChI=1S/C39H38O10/c1-19-13-22-14-23(38(46)47)16-30(48-39-37(45)36(44)34(42)31(18-40)49-39)33(22)35(43)32(19)29(41)17-27-21-11-12-24(20-7-3-2-4-8-20)28(15-21)26-10-6-5-9-25(26)27/h2-14,16,21,24,27-28,31,34,36-37,39-40,42-45H,15,17-18H2,1H3,(H,46,47). The van der Waals surface area contributed by atoms with Gasteiger partial charge in [0, 0.05) is 12.3 Å². The van der Waals surface area contributed by atoms with Crippen molar-refractivity contribution in [2.45, 2.75) is 68.2 Å². The Balaban J connectivity index is 1.25. The molecule has 254 valence electrons. The fourth-order valence-corrected chi connectivity index (χ4v) is 8.01. The molecule has 0 radical (unpaired) electrons. The van der Waals surface area contributed by atoms with Crippen LogP contribution in [0.1, 0.15) is 73.6 Å². The molecule has 7 rings (SSSR count). The van der Waals surface area contributed by atoms with Gasteiger partial charge in [0.15, 0.2) is 5.78 Å². The number of phenols is 1. The number of phenolic OH excluding ortho intramolecular Hbond substituents is 1. The van der Waals surface area contributed by atoms with E-state index in [9.17, 15) is 40.2 Å². The Morgan fingerprint density at radius 2 is 1.61 bits per heavy atom. The number of carbonyl (C=O) groups excluding carboxylic acids is 1. The molecule has 10 heteroatoms. The summed E-state index contributed by atoms with van der Waals surface area (Å²) in [5.74, 6) is -1.77. The molecule has 4 aromatic rings. The number of aromatic hydroxyl groups is 1. The van der Waals surface area contributed by atoms with E-state index in [-0.39, 0.29) is 63.5 Å².